The summed E-state index contributed by atoms with van der Waals surface area (Å²) in [4.78, 5) is 10.6. The molecule has 0 heterocycles. The Bertz CT molecular complexity index is 84.3. The van der Waals surface area contributed by atoms with Crippen molar-refractivity contribution in [2.24, 2.45) is 0 Å². The summed E-state index contributed by atoms with van der Waals surface area (Å²) in [5.41, 5.74) is 4.97. The fourth-order valence-electron chi connectivity index (χ4n) is 0.422. The molecule has 0 aromatic carbocycles. The van der Waals surface area contributed by atoms with Gasteiger partial charge in [-0.05, 0) is 6.54 Å². The number of carbonyl (C=O) groups is 1. The van der Waals surface area contributed by atoms with Gasteiger partial charge in [0.1, 0.15) is 0 Å². The van der Waals surface area contributed by atoms with Gasteiger partial charge in [0.15, 0.2) is 0 Å². The van der Waals surface area contributed by atoms with Crippen LogP contribution in [0, 0.1) is 0 Å². The van der Waals surface area contributed by atoms with Crippen molar-refractivity contribution in [3.8, 4) is 0 Å². The Morgan fingerprint density at radius 2 is 2.22 bits per heavy atom. The molecule has 1 amide bonds. The molecule has 9 heavy (non-hydrogen) atoms. The Morgan fingerprint density at radius 3 is 2.67 bits per heavy atom. The topological polar surface area (TPSA) is 53.2 Å². The van der Waals surface area contributed by atoms with Crippen molar-refractivity contribution in [1.82, 2.24) is 16.2 Å². The van der Waals surface area contributed by atoms with Crippen LogP contribution in [-0.2, 0) is 4.79 Å². The fourth-order valence-corrected chi connectivity index (χ4v) is 0.422. The van der Waals surface area contributed by atoms with Gasteiger partial charge in [0.2, 0.25) is 5.91 Å². The van der Waals surface area contributed by atoms with Gasteiger partial charge in [-0.25, -0.2) is 5.43 Å². The number of hydrogen-bond acceptors (Lipinski definition) is 3. The molecule has 0 bridgehead atoms. The molecule has 0 aromatic rings. The van der Waals surface area contributed by atoms with Crippen molar-refractivity contribution in [3.63, 3.8) is 0 Å². The van der Waals surface area contributed by atoms with Crippen LogP contribution in [-0.4, -0.2) is 26.0 Å². The van der Waals surface area contributed by atoms with Crippen molar-refractivity contribution < 1.29 is 4.79 Å². The lowest BCUT2D eigenvalue weighted by molar-refractivity contribution is -0.121. The minimum atomic E-state index is -0.0423. The predicted molar refractivity (Wildman–Crippen MR) is 35.7 cm³/mol. The van der Waals surface area contributed by atoms with Crippen LogP contribution >= 0.6 is 0 Å². The zero-order chi connectivity index (χ0) is 7.11. The van der Waals surface area contributed by atoms with E-state index in [4.69, 9.17) is 0 Å². The highest BCUT2D eigenvalue weighted by Crippen LogP contribution is 1.57. The van der Waals surface area contributed by atoms with Crippen LogP contribution < -0.4 is 16.2 Å². The molecule has 0 radical (unpaired) electrons. The molecular formula is C5H13N3O. The molecule has 0 aliphatic rings. The van der Waals surface area contributed by atoms with Gasteiger partial charge < -0.3 is 5.32 Å². The minimum Gasteiger partial charge on any atom is -0.309 e. The van der Waals surface area contributed by atoms with Crippen LogP contribution in [0.2, 0.25) is 0 Å². The van der Waals surface area contributed by atoms with Crippen LogP contribution in [0.1, 0.15) is 6.92 Å². The van der Waals surface area contributed by atoms with E-state index in [2.05, 4.69) is 16.2 Å². The van der Waals surface area contributed by atoms with E-state index in [0.717, 1.165) is 6.54 Å². The van der Waals surface area contributed by atoms with Crippen molar-refractivity contribution in [1.29, 1.82) is 0 Å². The Labute approximate surface area is 55.0 Å². The van der Waals surface area contributed by atoms with Crippen molar-refractivity contribution in [3.05, 3.63) is 0 Å². The molecule has 0 spiro atoms. The third kappa shape index (κ3) is 5.26. The van der Waals surface area contributed by atoms with Gasteiger partial charge in [-0.3, -0.25) is 10.2 Å². The maximum atomic E-state index is 10.6. The van der Waals surface area contributed by atoms with E-state index >= 15 is 0 Å². The number of nitrogens with one attached hydrogen (secondary N) is 3. The zero-order valence-electron chi connectivity index (χ0n) is 5.82. The second-order valence-electron chi connectivity index (χ2n) is 1.58. The van der Waals surface area contributed by atoms with Gasteiger partial charge in [0.05, 0.1) is 6.54 Å². The molecule has 4 heteroatoms. The molecule has 54 valence electrons. The zero-order valence-corrected chi connectivity index (χ0v) is 5.82. The SMILES string of the molecule is CCNCC(=O)NNC. The summed E-state index contributed by atoms with van der Waals surface area (Å²) in [6.07, 6.45) is 0. The van der Waals surface area contributed by atoms with Gasteiger partial charge in [0.25, 0.3) is 0 Å². The predicted octanol–water partition coefficient (Wildman–Crippen LogP) is -1.15. The normalized spacial score (nSPS) is 9.11. The van der Waals surface area contributed by atoms with E-state index < -0.39 is 0 Å². The van der Waals surface area contributed by atoms with Crippen LogP contribution in [0.4, 0.5) is 0 Å². The highest BCUT2D eigenvalue weighted by molar-refractivity contribution is 5.77. The van der Waals surface area contributed by atoms with Gasteiger partial charge in [-0.15, -0.1) is 0 Å². The van der Waals surface area contributed by atoms with E-state index in [1.165, 1.54) is 0 Å². The summed E-state index contributed by atoms with van der Waals surface area (Å²) >= 11 is 0. The molecule has 0 saturated heterocycles. The Balaban J connectivity index is 3.06. The van der Waals surface area contributed by atoms with Crippen molar-refractivity contribution >= 4 is 5.91 Å². The van der Waals surface area contributed by atoms with Crippen molar-refractivity contribution in [2.75, 3.05) is 20.1 Å². The van der Waals surface area contributed by atoms with Gasteiger partial charge >= 0.3 is 0 Å². The molecule has 0 fully saturated rings. The molecule has 0 aliphatic heterocycles. The first-order chi connectivity index (χ1) is 4.31. The maximum Gasteiger partial charge on any atom is 0.248 e. The van der Waals surface area contributed by atoms with E-state index in [-0.39, 0.29) is 5.91 Å². The summed E-state index contributed by atoms with van der Waals surface area (Å²) in [5, 5.41) is 2.88. The van der Waals surface area contributed by atoms with Crippen LogP contribution in [0.3, 0.4) is 0 Å². The summed E-state index contributed by atoms with van der Waals surface area (Å²) in [5.74, 6) is -0.0423. The molecule has 0 unspecified atom stereocenters. The first kappa shape index (κ1) is 8.39. The molecule has 3 N–H and O–H groups in total. The van der Waals surface area contributed by atoms with Crippen molar-refractivity contribution in [2.45, 2.75) is 6.92 Å². The molecule has 0 aliphatic carbocycles. The summed E-state index contributed by atoms with van der Waals surface area (Å²) in [7, 11) is 1.66. The summed E-state index contributed by atoms with van der Waals surface area (Å²) < 4.78 is 0. The number of hydrogen-bond donors (Lipinski definition) is 3. The standard InChI is InChI=1S/C5H13N3O/c1-3-7-4-5(9)8-6-2/h6-7H,3-4H2,1-2H3,(H,8,9). The molecular weight excluding hydrogens is 118 g/mol. The third-order valence-electron chi connectivity index (χ3n) is 0.800. The summed E-state index contributed by atoms with van der Waals surface area (Å²) in [6, 6.07) is 0. The highest BCUT2D eigenvalue weighted by atomic mass is 16.2. The van der Waals surface area contributed by atoms with Gasteiger partial charge in [-0.2, -0.15) is 0 Å². The van der Waals surface area contributed by atoms with Gasteiger partial charge in [0, 0.05) is 7.05 Å². The van der Waals surface area contributed by atoms with E-state index in [0.29, 0.717) is 6.54 Å². The number of likely N-dealkylation sites (N-methyl/N-ethyl adjacent to an activating group) is 1. The number of carbonyl (C=O) groups excluding carboxylic acids is 1. The largest absolute Gasteiger partial charge is 0.309 e. The minimum absolute atomic E-state index is 0.0423. The number of amides is 1. The molecule has 0 saturated carbocycles. The average Bonchev–Trinajstić information content (AvgIpc) is 1.85. The first-order valence-corrected chi connectivity index (χ1v) is 2.97. The number of hydrazine groups is 1. The lowest BCUT2D eigenvalue weighted by Gasteiger charge is -2.01. The third-order valence-corrected chi connectivity index (χ3v) is 0.800. The monoisotopic (exact) mass is 131 g/mol. The number of rotatable bonds is 4. The molecule has 0 atom stereocenters. The second kappa shape index (κ2) is 5.53. The molecule has 4 nitrogen and oxygen atoms in total. The highest BCUT2D eigenvalue weighted by Gasteiger charge is 1.93. The van der Waals surface area contributed by atoms with Crippen LogP contribution in [0.25, 0.3) is 0 Å². The maximum absolute atomic E-state index is 10.6. The fraction of sp³-hybridized carbons (Fsp3) is 0.800. The van der Waals surface area contributed by atoms with Crippen LogP contribution in [0.15, 0.2) is 0 Å². The molecule has 0 aromatic heterocycles. The van der Waals surface area contributed by atoms with E-state index in [9.17, 15) is 4.79 Å². The van der Waals surface area contributed by atoms with Crippen LogP contribution in [0.5, 0.6) is 0 Å². The van der Waals surface area contributed by atoms with E-state index in [1.54, 1.807) is 7.05 Å². The Hall–Kier alpha value is -0.610. The summed E-state index contributed by atoms with van der Waals surface area (Å²) in [6.45, 7) is 3.14. The second-order valence-corrected chi connectivity index (χ2v) is 1.58. The van der Waals surface area contributed by atoms with E-state index in [1.807, 2.05) is 6.92 Å². The lowest BCUT2D eigenvalue weighted by Crippen LogP contribution is -2.40. The molecule has 0 rings (SSSR count). The smallest absolute Gasteiger partial charge is 0.248 e. The first-order valence-electron chi connectivity index (χ1n) is 2.97. The average molecular weight is 131 g/mol. The lowest BCUT2D eigenvalue weighted by atomic mass is 10.6. The van der Waals surface area contributed by atoms with Gasteiger partial charge in [-0.1, -0.05) is 6.92 Å². The Kier molecular flexibility index (Phi) is 5.15. The Morgan fingerprint density at radius 1 is 1.56 bits per heavy atom. The quantitative estimate of drug-likeness (QED) is 0.422.